The molecule has 2 atom stereocenters. The molecule has 0 radical (unpaired) electrons. The van der Waals surface area contributed by atoms with Crippen molar-refractivity contribution in [3.05, 3.63) is 12.2 Å². The average Bonchev–Trinajstić information content (AvgIpc) is 2.04. The number of nitrogens with zero attached hydrogens (tertiary/aromatic N) is 1. The Hall–Kier alpha value is -1.16. The lowest BCUT2D eigenvalue weighted by atomic mass is 9.85. The Bertz CT molecular complexity index is 247. The molecule has 0 spiro atoms. The molecule has 1 aliphatic heterocycles. The van der Waals surface area contributed by atoms with E-state index in [4.69, 9.17) is 10.8 Å². The van der Waals surface area contributed by atoms with Gasteiger partial charge in [0.1, 0.15) is 0 Å². The quantitative estimate of drug-likeness (QED) is 0.611. The standard InChI is InChI=1S/C8H12N2O2/c1-6(7(11)12)8(9)3-2-4-10-5-8/h2-4,6H,5,9H2,1H3,(H,11,12)/t6-,8?/m1/s1. The molecule has 0 saturated heterocycles. The van der Waals surface area contributed by atoms with Crippen LogP contribution in [-0.4, -0.2) is 29.4 Å². The minimum Gasteiger partial charge on any atom is -0.481 e. The summed E-state index contributed by atoms with van der Waals surface area (Å²) in [7, 11) is 0. The van der Waals surface area contributed by atoms with Gasteiger partial charge in [-0.25, -0.2) is 0 Å². The number of aliphatic carboxylic acids is 1. The Morgan fingerprint density at radius 1 is 1.83 bits per heavy atom. The molecule has 1 unspecified atom stereocenters. The van der Waals surface area contributed by atoms with E-state index in [9.17, 15) is 4.79 Å². The van der Waals surface area contributed by atoms with E-state index < -0.39 is 17.4 Å². The van der Waals surface area contributed by atoms with E-state index in [-0.39, 0.29) is 0 Å². The maximum Gasteiger partial charge on any atom is 0.308 e. The van der Waals surface area contributed by atoms with Gasteiger partial charge in [-0.1, -0.05) is 6.08 Å². The molecule has 1 heterocycles. The summed E-state index contributed by atoms with van der Waals surface area (Å²) in [6, 6.07) is 0. The second-order valence-corrected chi connectivity index (χ2v) is 3.02. The van der Waals surface area contributed by atoms with Gasteiger partial charge < -0.3 is 10.8 Å². The van der Waals surface area contributed by atoms with E-state index in [2.05, 4.69) is 4.99 Å². The number of hydrogen-bond acceptors (Lipinski definition) is 3. The normalized spacial score (nSPS) is 30.2. The number of hydrogen-bond donors (Lipinski definition) is 2. The summed E-state index contributed by atoms with van der Waals surface area (Å²) in [4.78, 5) is 14.6. The third-order valence-corrected chi connectivity index (χ3v) is 2.14. The molecule has 0 aliphatic carbocycles. The van der Waals surface area contributed by atoms with Crippen molar-refractivity contribution >= 4 is 12.2 Å². The van der Waals surface area contributed by atoms with Crippen LogP contribution in [0.3, 0.4) is 0 Å². The second kappa shape index (κ2) is 3.06. The summed E-state index contributed by atoms with van der Waals surface area (Å²) in [5.41, 5.74) is 5.00. The van der Waals surface area contributed by atoms with E-state index in [0.29, 0.717) is 6.54 Å². The number of allylic oxidation sites excluding steroid dienone is 1. The van der Waals surface area contributed by atoms with Crippen molar-refractivity contribution in [1.82, 2.24) is 0 Å². The van der Waals surface area contributed by atoms with Crippen LogP contribution in [0.25, 0.3) is 0 Å². The molecular formula is C8H12N2O2. The molecule has 66 valence electrons. The number of nitrogens with two attached hydrogens (primary N) is 1. The Balaban J connectivity index is 2.78. The Morgan fingerprint density at radius 3 is 2.92 bits per heavy atom. The van der Waals surface area contributed by atoms with Gasteiger partial charge in [-0.3, -0.25) is 9.79 Å². The topological polar surface area (TPSA) is 75.7 Å². The highest BCUT2D eigenvalue weighted by Gasteiger charge is 2.34. The number of dihydropyridines is 1. The average molecular weight is 168 g/mol. The third kappa shape index (κ3) is 1.53. The first kappa shape index (κ1) is 8.93. The van der Waals surface area contributed by atoms with Gasteiger partial charge in [0.25, 0.3) is 0 Å². The SMILES string of the molecule is C[C@H](C(=O)O)C1(N)C=CC=NC1. The van der Waals surface area contributed by atoms with Gasteiger partial charge in [0, 0.05) is 6.21 Å². The molecule has 0 aromatic rings. The summed E-state index contributed by atoms with van der Waals surface area (Å²) >= 11 is 0. The fourth-order valence-electron chi connectivity index (χ4n) is 1.06. The van der Waals surface area contributed by atoms with Gasteiger partial charge >= 0.3 is 5.97 Å². The summed E-state index contributed by atoms with van der Waals surface area (Å²) < 4.78 is 0. The van der Waals surface area contributed by atoms with Crippen LogP contribution in [0.1, 0.15) is 6.92 Å². The molecule has 0 saturated carbocycles. The lowest BCUT2D eigenvalue weighted by Gasteiger charge is -2.29. The lowest BCUT2D eigenvalue weighted by Crippen LogP contribution is -2.51. The first-order valence-corrected chi connectivity index (χ1v) is 3.75. The van der Waals surface area contributed by atoms with Crippen molar-refractivity contribution in [3.8, 4) is 0 Å². The van der Waals surface area contributed by atoms with Crippen molar-refractivity contribution in [1.29, 1.82) is 0 Å². The largest absolute Gasteiger partial charge is 0.481 e. The van der Waals surface area contributed by atoms with Crippen molar-refractivity contribution < 1.29 is 9.90 Å². The molecule has 12 heavy (non-hydrogen) atoms. The van der Waals surface area contributed by atoms with Crippen molar-refractivity contribution in [3.63, 3.8) is 0 Å². The zero-order chi connectivity index (χ0) is 9.19. The molecule has 0 aromatic heterocycles. The summed E-state index contributed by atoms with van der Waals surface area (Å²) in [5, 5.41) is 8.73. The van der Waals surface area contributed by atoms with Gasteiger partial charge in [0.2, 0.25) is 0 Å². The number of carbonyl (C=O) groups is 1. The van der Waals surface area contributed by atoms with Crippen LogP contribution in [0, 0.1) is 5.92 Å². The van der Waals surface area contributed by atoms with E-state index in [1.54, 1.807) is 25.3 Å². The second-order valence-electron chi connectivity index (χ2n) is 3.02. The van der Waals surface area contributed by atoms with Crippen LogP contribution in [0.4, 0.5) is 0 Å². The van der Waals surface area contributed by atoms with Crippen LogP contribution in [0.15, 0.2) is 17.1 Å². The van der Waals surface area contributed by atoms with Gasteiger partial charge in [0.05, 0.1) is 18.0 Å². The Labute approximate surface area is 70.8 Å². The first-order valence-electron chi connectivity index (χ1n) is 3.75. The van der Waals surface area contributed by atoms with Crippen LogP contribution in [-0.2, 0) is 4.79 Å². The summed E-state index contributed by atoms with van der Waals surface area (Å²) in [6.45, 7) is 1.94. The lowest BCUT2D eigenvalue weighted by molar-refractivity contribution is -0.142. The summed E-state index contributed by atoms with van der Waals surface area (Å²) in [6.07, 6.45) is 5.00. The Kier molecular flexibility index (Phi) is 2.28. The van der Waals surface area contributed by atoms with Gasteiger partial charge in [-0.05, 0) is 13.0 Å². The summed E-state index contributed by atoms with van der Waals surface area (Å²) in [5.74, 6) is -1.49. The van der Waals surface area contributed by atoms with E-state index in [0.717, 1.165) is 0 Å². The van der Waals surface area contributed by atoms with Crippen LogP contribution in [0.2, 0.25) is 0 Å². The maximum atomic E-state index is 10.6. The highest BCUT2D eigenvalue weighted by atomic mass is 16.4. The van der Waals surface area contributed by atoms with Crippen LogP contribution >= 0.6 is 0 Å². The fraction of sp³-hybridized carbons (Fsp3) is 0.500. The molecule has 1 rings (SSSR count). The van der Waals surface area contributed by atoms with Gasteiger partial charge in [-0.15, -0.1) is 0 Å². The molecule has 0 aromatic carbocycles. The zero-order valence-corrected chi connectivity index (χ0v) is 6.90. The monoisotopic (exact) mass is 168 g/mol. The van der Waals surface area contributed by atoms with E-state index in [1.807, 2.05) is 0 Å². The smallest absolute Gasteiger partial charge is 0.308 e. The molecular weight excluding hydrogens is 156 g/mol. The molecule has 0 bridgehead atoms. The van der Waals surface area contributed by atoms with Crippen molar-refractivity contribution in [2.75, 3.05) is 6.54 Å². The fourth-order valence-corrected chi connectivity index (χ4v) is 1.06. The van der Waals surface area contributed by atoms with Gasteiger partial charge in [-0.2, -0.15) is 0 Å². The predicted molar refractivity (Wildman–Crippen MR) is 46.2 cm³/mol. The minimum absolute atomic E-state index is 0.344. The van der Waals surface area contributed by atoms with Crippen molar-refractivity contribution in [2.24, 2.45) is 16.6 Å². The molecule has 1 aliphatic rings. The molecule has 4 heteroatoms. The van der Waals surface area contributed by atoms with Crippen molar-refractivity contribution in [2.45, 2.75) is 12.5 Å². The highest BCUT2D eigenvalue weighted by Crippen LogP contribution is 2.18. The van der Waals surface area contributed by atoms with E-state index in [1.165, 1.54) is 0 Å². The third-order valence-electron chi connectivity index (χ3n) is 2.14. The predicted octanol–water partition coefficient (Wildman–Crippen LogP) is 0.0452. The Morgan fingerprint density at radius 2 is 2.50 bits per heavy atom. The number of aliphatic imine (C=N–C) groups is 1. The maximum absolute atomic E-state index is 10.6. The molecule has 0 amide bonds. The number of carboxylic acids is 1. The first-order chi connectivity index (χ1) is 5.56. The molecule has 0 fully saturated rings. The molecule has 3 N–H and O–H groups in total. The minimum atomic E-state index is -0.890. The van der Waals surface area contributed by atoms with Crippen LogP contribution < -0.4 is 5.73 Å². The highest BCUT2D eigenvalue weighted by molar-refractivity contribution is 5.76. The van der Waals surface area contributed by atoms with Crippen LogP contribution in [0.5, 0.6) is 0 Å². The van der Waals surface area contributed by atoms with E-state index >= 15 is 0 Å². The zero-order valence-electron chi connectivity index (χ0n) is 6.90. The number of rotatable bonds is 2. The van der Waals surface area contributed by atoms with Gasteiger partial charge in [0.15, 0.2) is 0 Å². The molecule has 4 nitrogen and oxygen atoms in total. The number of carboxylic acid groups (broad SMARTS) is 1.